The van der Waals surface area contributed by atoms with Crippen molar-refractivity contribution in [2.75, 3.05) is 32.8 Å². The molecule has 2 saturated heterocycles. The molecule has 0 aromatic carbocycles. The SMILES string of the molecule is CC1CCN(C(=O)N2CCC(OCC(=O)O)CC2)CC1O. The van der Waals surface area contributed by atoms with Gasteiger partial charge in [0.1, 0.15) is 6.61 Å². The van der Waals surface area contributed by atoms with Gasteiger partial charge in [-0.2, -0.15) is 0 Å². The second kappa shape index (κ2) is 7.09. The average Bonchev–Trinajstić information content (AvgIpc) is 2.48. The lowest BCUT2D eigenvalue weighted by molar-refractivity contribution is -0.145. The maximum absolute atomic E-state index is 12.4. The second-order valence-electron chi connectivity index (χ2n) is 5.95. The minimum Gasteiger partial charge on any atom is -0.480 e. The summed E-state index contributed by atoms with van der Waals surface area (Å²) in [4.78, 5) is 26.3. The van der Waals surface area contributed by atoms with Gasteiger partial charge < -0.3 is 24.7 Å². The van der Waals surface area contributed by atoms with Crippen LogP contribution in [0.1, 0.15) is 26.2 Å². The number of rotatable bonds is 3. The number of carbonyl (C=O) groups is 2. The third-order valence-electron chi connectivity index (χ3n) is 4.34. The molecule has 2 heterocycles. The maximum Gasteiger partial charge on any atom is 0.329 e. The summed E-state index contributed by atoms with van der Waals surface area (Å²) in [6.07, 6.45) is 1.61. The number of piperidine rings is 2. The molecule has 7 heteroatoms. The van der Waals surface area contributed by atoms with E-state index in [1.807, 2.05) is 6.92 Å². The Morgan fingerprint density at radius 3 is 2.33 bits per heavy atom. The van der Waals surface area contributed by atoms with Crippen LogP contribution in [0.4, 0.5) is 4.79 Å². The Bertz CT molecular complexity index is 382. The van der Waals surface area contributed by atoms with Crippen LogP contribution in [0.25, 0.3) is 0 Å². The minimum absolute atomic E-state index is 0.0300. The Balaban J connectivity index is 1.76. The monoisotopic (exact) mass is 300 g/mol. The van der Waals surface area contributed by atoms with Crippen molar-refractivity contribution in [2.45, 2.75) is 38.4 Å². The predicted molar refractivity (Wildman–Crippen MR) is 74.9 cm³/mol. The number of aliphatic carboxylic acids is 1. The van der Waals surface area contributed by atoms with Gasteiger partial charge in [0.2, 0.25) is 0 Å². The summed E-state index contributed by atoms with van der Waals surface area (Å²) in [6.45, 7) is 3.95. The van der Waals surface area contributed by atoms with E-state index in [0.717, 1.165) is 6.42 Å². The molecule has 7 nitrogen and oxygen atoms in total. The van der Waals surface area contributed by atoms with Crippen LogP contribution in [0.5, 0.6) is 0 Å². The molecule has 2 N–H and O–H groups in total. The lowest BCUT2D eigenvalue weighted by Gasteiger charge is -2.39. The molecular weight excluding hydrogens is 276 g/mol. The molecular formula is C14H24N2O5. The van der Waals surface area contributed by atoms with E-state index < -0.39 is 12.1 Å². The molecule has 2 amide bonds. The van der Waals surface area contributed by atoms with E-state index in [4.69, 9.17) is 9.84 Å². The molecule has 2 fully saturated rings. The lowest BCUT2D eigenvalue weighted by Crippen LogP contribution is -2.53. The zero-order valence-electron chi connectivity index (χ0n) is 12.4. The molecule has 0 spiro atoms. The molecule has 0 saturated carbocycles. The quantitative estimate of drug-likeness (QED) is 0.786. The molecule has 2 aliphatic heterocycles. The highest BCUT2D eigenvalue weighted by atomic mass is 16.5. The number of urea groups is 1. The lowest BCUT2D eigenvalue weighted by atomic mass is 9.96. The molecule has 2 aliphatic rings. The fourth-order valence-electron chi connectivity index (χ4n) is 2.83. The summed E-state index contributed by atoms with van der Waals surface area (Å²) in [6, 6.07) is -0.0300. The molecule has 2 unspecified atom stereocenters. The van der Waals surface area contributed by atoms with E-state index in [1.165, 1.54) is 0 Å². The summed E-state index contributed by atoms with van der Waals surface area (Å²) in [5.41, 5.74) is 0. The van der Waals surface area contributed by atoms with Crippen molar-refractivity contribution in [1.82, 2.24) is 9.80 Å². The van der Waals surface area contributed by atoms with Crippen molar-refractivity contribution in [1.29, 1.82) is 0 Å². The number of amides is 2. The van der Waals surface area contributed by atoms with Gasteiger partial charge in [0.05, 0.1) is 12.2 Å². The first-order valence-corrected chi connectivity index (χ1v) is 7.52. The van der Waals surface area contributed by atoms with E-state index in [1.54, 1.807) is 9.80 Å². The highest BCUT2D eigenvalue weighted by molar-refractivity contribution is 5.74. The van der Waals surface area contributed by atoms with Gasteiger partial charge in [0, 0.05) is 26.2 Å². The number of carboxylic acid groups (broad SMARTS) is 1. The van der Waals surface area contributed by atoms with Crippen molar-refractivity contribution in [2.24, 2.45) is 5.92 Å². The van der Waals surface area contributed by atoms with Gasteiger partial charge in [-0.1, -0.05) is 6.92 Å². The Hall–Kier alpha value is -1.34. The average molecular weight is 300 g/mol. The fraction of sp³-hybridized carbons (Fsp3) is 0.857. The number of carbonyl (C=O) groups excluding carboxylic acids is 1. The van der Waals surface area contributed by atoms with Crippen molar-refractivity contribution in [3.05, 3.63) is 0 Å². The van der Waals surface area contributed by atoms with E-state index in [-0.39, 0.29) is 24.7 Å². The van der Waals surface area contributed by atoms with Crippen molar-refractivity contribution in [3.63, 3.8) is 0 Å². The summed E-state index contributed by atoms with van der Waals surface area (Å²) in [5, 5.41) is 18.5. The maximum atomic E-state index is 12.4. The highest BCUT2D eigenvalue weighted by Crippen LogP contribution is 2.20. The first kappa shape index (κ1) is 16.0. The van der Waals surface area contributed by atoms with Gasteiger partial charge >= 0.3 is 12.0 Å². The van der Waals surface area contributed by atoms with Gasteiger partial charge in [-0.25, -0.2) is 9.59 Å². The molecule has 0 aliphatic carbocycles. The molecule has 120 valence electrons. The van der Waals surface area contributed by atoms with Crippen LogP contribution >= 0.6 is 0 Å². The van der Waals surface area contributed by atoms with Crippen LogP contribution in [0, 0.1) is 5.92 Å². The number of β-amino-alcohol motifs (C(OH)–C–C–N with tert-alkyl or cyclic N) is 1. The zero-order chi connectivity index (χ0) is 15.4. The molecule has 21 heavy (non-hydrogen) atoms. The first-order chi connectivity index (χ1) is 9.97. The largest absolute Gasteiger partial charge is 0.480 e. The standard InChI is InChI=1S/C14H24N2O5/c1-10-2-5-16(8-12(10)17)14(20)15-6-3-11(4-7-15)21-9-13(18)19/h10-12,17H,2-9H2,1H3,(H,18,19). The van der Waals surface area contributed by atoms with E-state index in [9.17, 15) is 14.7 Å². The van der Waals surface area contributed by atoms with E-state index in [2.05, 4.69) is 0 Å². The van der Waals surface area contributed by atoms with E-state index >= 15 is 0 Å². The third kappa shape index (κ3) is 4.31. The molecule has 2 atom stereocenters. The number of likely N-dealkylation sites (tertiary alicyclic amines) is 2. The number of nitrogens with zero attached hydrogens (tertiary/aromatic N) is 2. The smallest absolute Gasteiger partial charge is 0.329 e. The van der Waals surface area contributed by atoms with Crippen LogP contribution in [-0.4, -0.2) is 77.0 Å². The normalized spacial score (nSPS) is 27.7. The number of hydrogen-bond donors (Lipinski definition) is 2. The first-order valence-electron chi connectivity index (χ1n) is 7.52. The highest BCUT2D eigenvalue weighted by Gasteiger charge is 2.31. The van der Waals surface area contributed by atoms with Gasteiger partial charge in [-0.15, -0.1) is 0 Å². The van der Waals surface area contributed by atoms with Crippen LogP contribution < -0.4 is 0 Å². The number of ether oxygens (including phenoxy) is 1. The summed E-state index contributed by atoms with van der Waals surface area (Å²) in [7, 11) is 0. The van der Waals surface area contributed by atoms with Gasteiger partial charge in [0.15, 0.2) is 0 Å². The Labute approximate surface area is 124 Å². The van der Waals surface area contributed by atoms with E-state index in [0.29, 0.717) is 39.0 Å². The fourth-order valence-corrected chi connectivity index (χ4v) is 2.83. The molecule has 0 aromatic heterocycles. The number of hydrogen-bond acceptors (Lipinski definition) is 4. The summed E-state index contributed by atoms with van der Waals surface area (Å²) in [5.74, 6) is -0.728. The molecule has 0 radical (unpaired) electrons. The Morgan fingerprint density at radius 1 is 1.14 bits per heavy atom. The van der Waals surface area contributed by atoms with Crippen LogP contribution in [0.3, 0.4) is 0 Å². The van der Waals surface area contributed by atoms with Crippen molar-refractivity contribution < 1.29 is 24.5 Å². The Kier molecular flexibility index (Phi) is 5.41. The van der Waals surface area contributed by atoms with Crippen molar-refractivity contribution >= 4 is 12.0 Å². The predicted octanol–water partition coefficient (Wildman–Crippen LogP) is 0.375. The van der Waals surface area contributed by atoms with Crippen LogP contribution in [-0.2, 0) is 9.53 Å². The summed E-state index contributed by atoms with van der Waals surface area (Å²) >= 11 is 0. The van der Waals surface area contributed by atoms with Crippen molar-refractivity contribution in [3.8, 4) is 0 Å². The number of aliphatic hydroxyl groups excluding tert-OH is 1. The van der Waals surface area contributed by atoms with Gasteiger partial charge in [0.25, 0.3) is 0 Å². The molecule has 0 bridgehead atoms. The molecule has 2 rings (SSSR count). The third-order valence-corrected chi connectivity index (χ3v) is 4.34. The summed E-state index contributed by atoms with van der Waals surface area (Å²) < 4.78 is 5.26. The number of aliphatic hydroxyl groups is 1. The topological polar surface area (TPSA) is 90.3 Å². The molecule has 0 aromatic rings. The zero-order valence-corrected chi connectivity index (χ0v) is 12.4. The Morgan fingerprint density at radius 2 is 1.76 bits per heavy atom. The number of carboxylic acids is 1. The van der Waals surface area contributed by atoms with Crippen LogP contribution in [0.15, 0.2) is 0 Å². The van der Waals surface area contributed by atoms with Crippen LogP contribution in [0.2, 0.25) is 0 Å². The second-order valence-corrected chi connectivity index (χ2v) is 5.95. The minimum atomic E-state index is -0.968. The van der Waals surface area contributed by atoms with Gasteiger partial charge in [-0.3, -0.25) is 0 Å². The van der Waals surface area contributed by atoms with Gasteiger partial charge in [-0.05, 0) is 25.2 Å².